The monoisotopic (exact) mass is 235 g/mol. The molecule has 0 bridgehead atoms. The molecule has 0 aliphatic rings. The van der Waals surface area contributed by atoms with Gasteiger partial charge in [0.25, 0.3) is 0 Å². The third-order valence-electron chi connectivity index (χ3n) is 2.21. The van der Waals surface area contributed by atoms with Gasteiger partial charge in [-0.3, -0.25) is 0 Å². The molecule has 1 aromatic rings. The van der Waals surface area contributed by atoms with E-state index < -0.39 is 11.6 Å². The Morgan fingerprint density at radius 2 is 2.13 bits per heavy atom. The summed E-state index contributed by atoms with van der Waals surface area (Å²) in [6.45, 7) is 1.86. The van der Waals surface area contributed by atoms with Crippen LogP contribution in [0.4, 0.5) is 8.78 Å². The summed E-state index contributed by atoms with van der Waals surface area (Å²) >= 11 is 5.54. The van der Waals surface area contributed by atoms with Crippen LogP contribution >= 0.6 is 11.6 Å². The van der Waals surface area contributed by atoms with E-state index in [2.05, 4.69) is 0 Å². The fourth-order valence-electron chi connectivity index (χ4n) is 1.36. The van der Waals surface area contributed by atoms with Crippen molar-refractivity contribution in [2.24, 2.45) is 5.73 Å². The zero-order chi connectivity index (χ0) is 11.6. The van der Waals surface area contributed by atoms with Crippen LogP contribution in [0.15, 0.2) is 6.07 Å². The van der Waals surface area contributed by atoms with Crippen molar-refractivity contribution in [3.63, 3.8) is 0 Å². The topological polar surface area (TPSA) is 35.2 Å². The highest BCUT2D eigenvalue weighted by molar-refractivity contribution is 6.30. The van der Waals surface area contributed by atoms with E-state index in [4.69, 9.17) is 22.1 Å². The first kappa shape index (κ1) is 12.2. The Bertz CT molecular complexity index is 371. The average molecular weight is 236 g/mol. The summed E-state index contributed by atoms with van der Waals surface area (Å²) < 4.78 is 31.8. The predicted octanol–water partition coefficient (Wildman–Crippen LogP) is 2.69. The number of benzene rings is 1. The minimum Gasteiger partial charge on any atom is -0.493 e. The maximum absolute atomic E-state index is 13.6. The number of nitrogens with two attached hydrogens (primary N) is 1. The van der Waals surface area contributed by atoms with Gasteiger partial charge < -0.3 is 10.5 Å². The number of halogens is 3. The van der Waals surface area contributed by atoms with Gasteiger partial charge in [-0.15, -0.1) is 0 Å². The second-order valence-corrected chi connectivity index (χ2v) is 3.65. The Labute approximate surface area is 92.0 Å². The third-order valence-corrected chi connectivity index (χ3v) is 2.49. The molecule has 1 unspecified atom stereocenters. The van der Waals surface area contributed by atoms with Crippen molar-refractivity contribution in [1.82, 2.24) is 0 Å². The number of ether oxygens (including phenoxy) is 1. The molecule has 0 saturated heterocycles. The van der Waals surface area contributed by atoms with Gasteiger partial charge in [0.15, 0.2) is 11.6 Å². The highest BCUT2D eigenvalue weighted by atomic mass is 35.5. The van der Waals surface area contributed by atoms with Crippen LogP contribution in [-0.4, -0.2) is 13.7 Å². The minimum atomic E-state index is -0.681. The molecule has 0 aliphatic heterocycles. The maximum atomic E-state index is 13.6. The highest BCUT2D eigenvalue weighted by Crippen LogP contribution is 2.35. The van der Waals surface area contributed by atoms with E-state index in [0.29, 0.717) is 0 Å². The second kappa shape index (κ2) is 4.77. The molecule has 0 fully saturated rings. The number of hydrogen-bond acceptors (Lipinski definition) is 2. The Balaban J connectivity index is 3.43. The zero-order valence-corrected chi connectivity index (χ0v) is 9.24. The summed E-state index contributed by atoms with van der Waals surface area (Å²) in [5.74, 6) is -1.84. The summed E-state index contributed by atoms with van der Waals surface area (Å²) in [5.41, 5.74) is 5.50. The lowest BCUT2D eigenvalue weighted by atomic mass is 9.99. The second-order valence-electron chi connectivity index (χ2n) is 3.24. The molecule has 1 atom stereocenters. The fraction of sp³-hybridized carbons (Fsp3) is 0.400. The van der Waals surface area contributed by atoms with E-state index in [9.17, 15) is 8.78 Å². The SMILES string of the molecule is COc1c(F)cc(Cl)c(F)c1C(C)CN. The number of hydrogen-bond donors (Lipinski definition) is 1. The van der Waals surface area contributed by atoms with Crippen LogP contribution in [0, 0.1) is 11.6 Å². The van der Waals surface area contributed by atoms with Crippen LogP contribution < -0.4 is 10.5 Å². The molecule has 2 N–H and O–H groups in total. The van der Waals surface area contributed by atoms with Gasteiger partial charge in [-0.1, -0.05) is 18.5 Å². The lowest BCUT2D eigenvalue weighted by Gasteiger charge is -2.16. The zero-order valence-electron chi connectivity index (χ0n) is 8.48. The molecule has 0 heterocycles. The molecule has 0 aromatic heterocycles. The lowest BCUT2D eigenvalue weighted by Crippen LogP contribution is -2.13. The van der Waals surface area contributed by atoms with E-state index in [0.717, 1.165) is 6.07 Å². The van der Waals surface area contributed by atoms with Gasteiger partial charge in [-0.25, -0.2) is 8.78 Å². The number of rotatable bonds is 3. The summed E-state index contributed by atoms with van der Waals surface area (Å²) in [6, 6.07) is 0.891. The van der Waals surface area contributed by atoms with Crippen LogP contribution in [0.3, 0.4) is 0 Å². The first-order valence-corrected chi connectivity index (χ1v) is 4.82. The standard InChI is InChI=1S/C10H12ClF2NO/c1-5(4-14)8-9(13)6(11)3-7(12)10(8)15-2/h3,5H,4,14H2,1-2H3. The van der Waals surface area contributed by atoms with Gasteiger partial charge in [-0.2, -0.15) is 0 Å². The van der Waals surface area contributed by atoms with E-state index in [1.165, 1.54) is 7.11 Å². The first-order valence-electron chi connectivity index (χ1n) is 4.44. The molecule has 1 rings (SSSR count). The largest absolute Gasteiger partial charge is 0.493 e. The maximum Gasteiger partial charge on any atom is 0.167 e. The van der Waals surface area contributed by atoms with Crippen LogP contribution in [0.1, 0.15) is 18.4 Å². The summed E-state index contributed by atoms with van der Waals surface area (Å²) in [6.07, 6.45) is 0. The molecule has 2 nitrogen and oxygen atoms in total. The third kappa shape index (κ3) is 2.21. The van der Waals surface area contributed by atoms with Gasteiger partial charge in [0.1, 0.15) is 5.82 Å². The van der Waals surface area contributed by atoms with Crippen LogP contribution in [0.2, 0.25) is 5.02 Å². The van der Waals surface area contributed by atoms with Crippen molar-refractivity contribution < 1.29 is 13.5 Å². The van der Waals surface area contributed by atoms with E-state index >= 15 is 0 Å². The molecular weight excluding hydrogens is 224 g/mol. The van der Waals surface area contributed by atoms with Crippen LogP contribution in [-0.2, 0) is 0 Å². The Kier molecular flexibility index (Phi) is 3.88. The van der Waals surface area contributed by atoms with Gasteiger partial charge in [0, 0.05) is 11.5 Å². The molecule has 15 heavy (non-hydrogen) atoms. The molecule has 0 spiro atoms. The van der Waals surface area contributed by atoms with E-state index in [1.54, 1.807) is 6.92 Å². The van der Waals surface area contributed by atoms with Crippen molar-refractivity contribution >= 4 is 11.6 Å². The molecule has 1 aromatic carbocycles. The molecule has 84 valence electrons. The van der Waals surface area contributed by atoms with Crippen molar-refractivity contribution in [3.05, 3.63) is 28.3 Å². The summed E-state index contributed by atoms with van der Waals surface area (Å²) in [4.78, 5) is 0. The summed E-state index contributed by atoms with van der Waals surface area (Å²) in [7, 11) is 1.28. The molecule has 5 heteroatoms. The van der Waals surface area contributed by atoms with Crippen molar-refractivity contribution in [1.29, 1.82) is 0 Å². The fourth-order valence-corrected chi connectivity index (χ4v) is 1.56. The predicted molar refractivity (Wildman–Crippen MR) is 55.4 cm³/mol. The quantitative estimate of drug-likeness (QED) is 0.818. The van der Waals surface area contributed by atoms with Crippen molar-refractivity contribution in [2.45, 2.75) is 12.8 Å². The van der Waals surface area contributed by atoms with Gasteiger partial charge in [0.05, 0.1) is 12.1 Å². The van der Waals surface area contributed by atoms with Crippen LogP contribution in [0.25, 0.3) is 0 Å². The Morgan fingerprint density at radius 1 is 1.53 bits per heavy atom. The van der Waals surface area contributed by atoms with Gasteiger partial charge >= 0.3 is 0 Å². The highest BCUT2D eigenvalue weighted by Gasteiger charge is 2.22. The average Bonchev–Trinajstić information content (AvgIpc) is 2.21. The van der Waals surface area contributed by atoms with E-state index in [1.807, 2.05) is 0 Å². The summed E-state index contributed by atoms with van der Waals surface area (Å²) in [5, 5.41) is -0.261. The lowest BCUT2D eigenvalue weighted by molar-refractivity contribution is 0.372. The molecule has 0 saturated carbocycles. The van der Waals surface area contributed by atoms with E-state index in [-0.39, 0.29) is 28.8 Å². The molecular formula is C10H12ClF2NO. The smallest absolute Gasteiger partial charge is 0.167 e. The molecule has 0 amide bonds. The minimum absolute atomic E-state index is 0.0880. The Hall–Kier alpha value is -0.870. The molecule has 0 radical (unpaired) electrons. The van der Waals surface area contributed by atoms with Crippen LogP contribution in [0.5, 0.6) is 5.75 Å². The normalized spacial score (nSPS) is 12.7. The van der Waals surface area contributed by atoms with Crippen molar-refractivity contribution in [2.75, 3.05) is 13.7 Å². The van der Waals surface area contributed by atoms with Crippen molar-refractivity contribution in [3.8, 4) is 5.75 Å². The Morgan fingerprint density at radius 3 is 2.60 bits per heavy atom. The first-order chi connectivity index (χ1) is 7.02. The molecule has 0 aliphatic carbocycles. The number of methoxy groups -OCH3 is 1. The van der Waals surface area contributed by atoms with Gasteiger partial charge in [-0.05, 0) is 12.6 Å². The van der Waals surface area contributed by atoms with Gasteiger partial charge in [0.2, 0.25) is 0 Å².